The van der Waals surface area contributed by atoms with E-state index in [1.54, 1.807) is 29.1 Å². The van der Waals surface area contributed by atoms with Crippen molar-refractivity contribution < 1.29 is 9.21 Å². The first-order chi connectivity index (χ1) is 14.6. The first-order valence-electron chi connectivity index (χ1n) is 10.1. The molecule has 3 heterocycles. The molecule has 4 aromatic rings. The van der Waals surface area contributed by atoms with Crippen molar-refractivity contribution in [1.82, 2.24) is 19.0 Å². The number of nitrogens with zero attached hydrogens (tertiary/aromatic N) is 4. The summed E-state index contributed by atoms with van der Waals surface area (Å²) in [6.07, 6.45) is 3.82. The smallest absolute Gasteiger partial charge is 0.408 e. The molecule has 1 fully saturated rings. The van der Waals surface area contributed by atoms with E-state index in [0.29, 0.717) is 42.2 Å². The van der Waals surface area contributed by atoms with Crippen LogP contribution in [0.3, 0.4) is 0 Å². The highest BCUT2D eigenvalue weighted by molar-refractivity contribution is 6.31. The predicted molar refractivity (Wildman–Crippen MR) is 115 cm³/mol. The van der Waals surface area contributed by atoms with E-state index in [1.807, 2.05) is 33.7 Å². The molecule has 1 unspecified atom stereocenters. The van der Waals surface area contributed by atoms with Crippen LogP contribution in [0.25, 0.3) is 22.1 Å². The molecule has 1 amide bonds. The fraction of sp³-hybridized carbons (Fsp3) is 0.318. The second-order valence-electron chi connectivity index (χ2n) is 7.66. The van der Waals surface area contributed by atoms with Crippen LogP contribution in [0.2, 0.25) is 5.02 Å². The number of rotatable bonds is 4. The number of aromatic nitrogens is 3. The molecule has 1 aliphatic rings. The molecule has 1 saturated heterocycles. The summed E-state index contributed by atoms with van der Waals surface area (Å²) in [4.78, 5) is 31.6. The summed E-state index contributed by atoms with van der Waals surface area (Å²) in [5.74, 6) is -0.326. The quantitative estimate of drug-likeness (QED) is 0.498. The number of fused-ring (bicyclic) bond motifs is 2. The van der Waals surface area contributed by atoms with Gasteiger partial charge in [-0.15, -0.1) is 0 Å². The summed E-state index contributed by atoms with van der Waals surface area (Å²) >= 11 is 6.12. The van der Waals surface area contributed by atoms with Gasteiger partial charge < -0.3 is 13.9 Å². The number of likely N-dealkylation sites (tertiary alicyclic amines) is 1. The lowest BCUT2D eigenvalue weighted by Gasteiger charge is -2.33. The van der Waals surface area contributed by atoms with Crippen LogP contribution in [0.5, 0.6) is 0 Å². The molecule has 0 bridgehead atoms. The number of aryl methyl sites for hydroxylation is 1. The van der Waals surface area contributed by atoms with Gasteiger partial charge in [-0.2, -0.15) is 0 Å². The van der Waals surface area contributed by atoms with E-state index in [2.05, 4.69) is 4.98 Å². The van der Waals surface area contributed by atoms with Crippen LogP contribution in [0, 0.1) is 0 Å². The molecule has 2 aromatic carbocycles. The Balaban J connectivity index is 1.32. The molecule has 0 N–H and O–H groups in total. The number of carbonyl (C=O) groups excluding carboxylic acids is 1. The van der Waals surface area contributed by atoms with E-state index in [4.69, 9.17) is 16.0 Å². The number of carbonyl (C=O) groups is 1. The molecule has 0 aliphatic carbocycles. The molecule has 154 valence electrons. The minimum Gasteiger partial charge on any atom is -0.408 e. The average Bonchev–Trinajstić information content (AvgIpc) is 3.32. The molecule has 5 rings (SSSR count). The maximum atomic E-state index is 12.9. The molecular weight excluding hydrogens is 404 g/mol. The van der Waals surface area contributed by atoms with Crippen molar-refractivity contribution in [2.45, 2.75) is 31.8 Å². The van der Waals surface area contributed by atoms with E-state index in [0.717, 1.165) is 23.9 Å². The van der Waals surface area contributed by atoms with Gasteiger partial charge in [0.2, 0.25) is 5.91 Å². The zero-order chi connectivity index (χ0) is 20.7. The minimum absolute atomic E-state index is 0.0800. The van der Waals surface area contributed by atoms with Gasteiger partial charge in [0.05, 0.1) is 28.9 Å². The molecule has 1 aliphatic heterocycles. The van der Waals surface area contributed by atoms with Crippen molar-refractivity contribution in [1.29, 1.82) is 0 Å². The van der Waals surface area contributed by atoms with Crippen LogP contribution in [-0.4, -0.2) is 38.0 Å². The number of hydrogen-bond acceptors (Lipinski definition) is 4. The van der Waals surface area contributed by atoms with Gasteiger partial charge in [0.1, 0.15) is 0 Å². The minimum atomic E-state index is -0.406. The summed E-state index contributed by atoms with van der Waals surface area (Å²) in [5, 5.41) is 0.549. The number of para-hydroxylation sites is 2. The molecule has 2 aromatic heterocycles. The third-order valence-corrected chi connectivity index (χ3v) is 6.02. The summed E-state index contributed by atoms with van der Waals surface area (Å²) in [6, 6.07) is 12.9. The second-order valence-corrected chi connectivity index (χ2v) is 8.10. The number of halogens is 1. The Morgan fingerprint density at radius 1 is 1.20 bits per heavy atom. The third-order valence-electron chi connectivity index (χ3n) is 5.78. The number of oxazole rings is 1. The summed E-state index contributed by atoms with van der Waals surface area (Å²) in [5.41, 5.74) is 3.14. The van der Waals surface area contributed by atoms with E-state index in [1.165, 1.54) is 0 Å². The summed E-state index contributed by atoms with van der Waals surface area (Å²) in [6.45, 7) is 1.76. The lowest BCUT2D eigenvalue weighted by atomic mass is 10.0. The van der Waals surface area contributed by atoms with Crippen molar-refractivity contribution in [3.05, 3.63) is 64.4 Å². The average molecular weight is 425 g/mol. The Bertz CT molecular complexity index is 1290. The number of amides is 1. The highest BCUT2D eigenvalue weighted by Gasteiger charge is 2.27. The van der Waals surface area contributed by atoms with Crippen molar-refractivity contribution in [3.8, 4) is 0 Å². The Morgan fingerprint density at radius 2 is 2.07 bits per heavy atom. The Morgan fingerprint density at radius 3 is 2.97 bits per heavy atom. The molecule has 7 nitrogen and oxygen atoms in total. The Kier molecular flexibility index (Phi) is 4.83. The lowest BCUT2D eigenvalue weighted by Crippen LogP contribution is -2.42. The Hall–Kier alpha value is -3.06. The van der Waals surface area contributed by atoms with Crippen LogP contribution in [-0.2, 0) is 11.3 Å². The van der Waals surface area contributed by atoms with Crippen molar-refractivity contribution >= 4 is 39.6 Å². The predicted octanol–water partition coefficient (Wildman–Crippen LogP) is 3.85. The van der Waals surface area contributed by atoms with Crippen LogP contribution in [0.1, 0.15) is 25.3 Å². The van der Waals surface area contributed by atoms with E-state index >= 15 is 0 Å². The van der Waals surface area contributed by atoms with Crippen LogP contribution in [0.15, 0.2) is 58.0 Å². The number of hydrogen-bond donors (Lipinski definition) is 0. The molecule has 0 saturated carbocycles. The highest BCUT2D eigenvalue weighted by atomic mass is 35.5. The zero-order valence-corrected chi connectivity index (χ0v) is 17.1. The van der Waals surface area contributed by atoms with Crippen LogP contribution in [0.4, 0.5) is 0 Å². The van der Waals surface area contributed by atoms with Gasteiger partial charge >= 0.3 is 5.76 Å². The maximum absolute atomic E-state index is 12.9. The van der Waals surface area contributed by atoms with E-state index < -0.39 is 5.76 Å². The molecule has 30 heavy (non-hydrogen) atoms. The van der Waals surface area contributed by atoms with Gasteiger partial charge in [0, 0.05) is 31.1 Å². The Labute approximate surface area is 177 Å². The largest absolute Gasteiger partial charge is 0.420 e. The molecular formula is C22H21ClN4O3. The van der Waals surface area contributed by atoms with Gasteiger partial charge in [-0.05, 0) is 43.2 Å². The number of benzene rings is 2. The zero-order valence-electron chi connectivity index (χ0n) is 16.3. The summed E-state index contributed by atoms with van der Waals surface area (Å²) < 4.78 is 9.02. The summed E-state index contributed by atoms with van der Waals surface area (Å²) in [7, 11) is 0. The van der Waals surface area contributed by atoms with Crippen molar-refractivity contribution in [2.24, 2.45) is 0 Å². The first-order valence-corrected chi connectivity index (χ1v) is 10.5. The van der Waals surface area contributed by atoms with Crippen LogP contribution >= 0.6 is 11.6 Å². The first kappa shape index (κ1) is 18.9. The molecule has 8 heteroatoms. The maximum Gasteiger partial charge on any atom is 0.420 e. The highest BCUT2D eigenvalue weighted by Crippen LogP contribution is 2.27. The second kappa shape index (κ2) is 7.65. The van der Waals surface area contributed by atoms with Gasteiger partial charge in [-0.25, -0.2) is 9.78 Å². The molecule has 0 radical (unpaired) electrons. The normalized spacial score (nSPS) is 17.1. The fourth-order valence-electron chi connectivity index (χ4n) is 4.31. The van der Waals surface area contributed by atoms with Gasteiger partial charge in [-0.1, -0.05) is 23.7 Å². The number of piperidine rings is 1. The van der Waals surface area contributed by atoms with Gasteiger partial charge in [0.25, 0.3) is 0 Å². The van der Waals surface area contributed by atoms with Crippen molar-refractivity contribution in [3.63, 3.8) is 0 Å². The third kappa shape index (κ3) is 3.39. The lowest BCUT2D eigenvalue weighted by molar-refractivity contribution is -0.133. The van der Waals surface area contributed by atoms with E-state index in [-0.39, 0.29) is 11.9 Å². The standard InChI is InChI=1S/C22H21ClN4O3/c23-15-7-8-20-19(12-15)27(22(29)30-20)16-4-3-10-25(13-16)21(28)9-11-26-14-24-17-5-1-2-6-18(17)26/h1-2,5-8,12,14,16H,3-4,9-11,13H2. The fourth-order valence-corrected chi connectivity index (χ4v) is 4.47. The van der Waals surface area contributed by atoms with Crippen molar-refractivity contribution in [2.75, 3.05) is 13.1 Å². The molecule has 0 spiro atoms. The van der Waals surface area contributed by atoms with E-state index in [9.17, 15) is 9.59 Å². The monoisotopic (exact) mass is 424 g/mol. The number of imidazole rings is 1. The van der Waals surface area contributed by atoms with Crippen LogP contribution < -0.4 is 5.76 Å². The topological polar surface area (TPSA) is 73.3 Å². The SMILES string of the molecule is O=C(CCn1cnc2ccccc21)N1CCCC(n2c(=O)oc3ccc(Cl)cc32)C1. The van der Waals surface area contributed by atoms with Gasteiger partial charge in [-0.3, -0.25) is 9.36 Å². The van der Waals surface area contributed by atoms with Gasteiger partial charge in [0.15, 0.2) is 5.58 Å². The molecule has 1 atom stereocenters.